The zero-order chi connectivity index (χ0) is 23.7. The van der Waals surface area contributed by atoms with Gasteiger partial charge in [-0.25, -0.2) is 0 Å². The molecule has 0 bridgehead atoms. The second-order valence-electron chi connectivity index (χ2n) is 8.94. The Morgan fingerprint density at radius 2 is 1.84 bits per heavy atom. The van der Waals surface area contributed by atoms with E-state index in [1.165, 1.54) is 6.07 Å². The van der Waals surface area contributed by atoms with Gasteiger partial charge < -0.3 is 20.8 Å². The number of aldehydes is 1. The van der Waals surface area contributed by atoms with Crippen molar-refractivity contribution in [2.24, 2.45) is 29.4 Å². The number of aliphatic hydroxyl groups is 1. The summed E-state index contributed by atoms with van der Waals surface area (Å²) in [6.07, 6.45) is 0.180. The van der Waals surface area contributed by atoms with E-state index in [9.17, 15) is 39.0 Å². The summed E-state index contributed by atoms with van der Waals surface area (Å²) in [5.74, 6) is -10.9. The zero-order valence-electron chi connectivity index (χ0n) is 17.5. The lowest BCUT2D eigenvalue weighted by Gasteiger charge is -2.48. The molecule has 1 aromatic carbocycles. The Kier molecular flexibility index (Phi) is 4.81. The number of carbonyl (C=O) groups is 6. The van der Waals surface area contributed by atoms with Crippen molar-refractivity contribution < 1.29 is 39.0 Å². The molecular formula is C22H22N2O8. The Morgan fingerprint density at radius 1 is 1.19 bits per heavy atom. The molecule has 168 valence electrons. The molecule has 5 atom stereocenters. The first-order chi connectivity index (χ1) is 14.9. The number of rotatable bonds is 3. The Hall–Kier alpha value is -3.40. The molecule has 2 saturated carbocycles. The van der Waals surface area contributed by atoms with E-state index >= 15 is 0 Å². The van der Waals surface area contributed by atoms with Crippen LogP contribution < -0.4 is 10.6 Å². The van der Waals surface area contributed by atoms with Crippen LogP contribution in [0.15, 0.2) is 6.07 Å². The Bertz CT molecular complexity index is 1120. The number of aromatic hydroxyl groups is 1. The number of benzene rings is 1. The van der Waals surface area contributed by atoms with Crippen LogP contribution in [0.2, 0.25) is 0 Å². The molecule has 0 spiro atoms. The molecule has 2 unspecified atom stereocenters. The van der Waals surface area contributed by atoms with Gasteiger partial charge in [0.15, 0.2) is 40.9 Å². The summed E-state index contributed by atoms with van der Waals surface area (Å²) < 4.78 is 0. The largest absolute Gasteiger partial charge is 0.506 e. The monoisotopic (exact) mass is 442 g/mol. The lowest BCUT2D eigenvalue weighted by atomic mass is 9.53. The molecule has 2 fully saturated rings. The maximum absolute atomic E-state index is 13.4. The summed E-state index contributed by atoms with van der Waals surface area (Å²) in [7, 11) is 3.40. The first-order valence-electron chi connectivity index (χ1n) is 10.1. The van der Waals surface area contributed by atoms with Gasteiger partial charge in [-0.15, -0.1) is 0 Å². The van der Waals surface area contributed by atoms with Gasteiger partial charge in [0.2, 0.25) is 5.91 Å². The Labute approximate surface area is 182 Å². The molecular weight excluding hydrogens is 420 g/mol. The van der Waals surface area contributed by atoms with Crippen LogP contribution in [0.5, 0.6) is 5.75 Å². The van der Waals surface area contributed by atoms with Crippen LogP contribution in [0.4, 0.5) is 5.69 Å². The summed E-state index contributed by atoms with van der Waals surface area (Å²) in [5, 5.41) is 21.7. The van der Waals surface area contributed by atoms with Crippen LogP contribution in [0.3, 0.4) is 0 Å². The summed E-state index contributed by atoms with van der Waals surface area (Å²) in [4.78, 5) is 76.8. The third-order valence-corrected chi connectivity index (χ3v) is 7.02. The van der Waals surface area contributed by atoms with Gasteiger partial charge in [-0.05, 0) is 30.4 Å². The number of Topliss-reactive ketones (excluding diaryl/α,β-unsaturated/α-hetero) is 4. The highest BCUT2D eigenvalue weighted by Crippen LogP contribution is 2.51. The highest BCUT2D eigenvalue weighted by atomic mass is 16.3. The Morgan fingerprint density at radius 3 is 2.41 bits per heavy atom. The van der Waals surface area contributed by atoms with Gasteiger partial charge in [-0.1, -0.05) is 0 Å². The van der Waals surface area contributed by atoms with Crippen molar-refractivity contribution in [1.82, 2.24) is 0 Å². The molecule has 1 amide bonds. The fourth-order valence-corrected chi connectivity index (χ4v) is 5.52. The van der Waals surface area contributed by atoms with Crippen molar-refractivity contribution in [3.05, 3.63) is 22.8 Å². The van der Waals surface area contributed by atoms with Gasteiger partial charge >= 0.3 is 0 Å². The van der Waals surface area contributed by atoms with Gasteiger partial charge in [0.05, 0.1) is 17.0 Å². The second kappa shape index (κ2) is 7.06. The van der Waals surface area contributed by atoms with E-state index in [0.717, 1.165) is 0 Å². The fourth-order valence-electron chi connectivity index (χ4n) is 5.52. The molecule has 0 radical (unpaired) electrons. The van der Waals surface area contributed by atoms with Crippen LogP contribution in [0.25, 0.3) is 0 Å². The molecule has 3 aliphatic rings. The molecule has 4 rings (SSSR count). The molecule has 4 N–H and O–H groups in total. The van der Waals surface area contributed by atoms with Gasteiger partial charge in [0.25, 0.3) is 0 Å². The minimum Gasteiger partial charge on any atom is -0.506 e. The molecule has 0 aromatic heterocycles. The number of hydrogen-bond acceptors (Lipinski definition) is 9. The SMILES string of the molecule is CN(C)c1cc(C=O)c(O)c2c1C[C@H]1C[C@H]3CC(=O)C(C(N)=O)C(=O)[C@@]3(O)C(=O)C1C2=O. The number of phenolic OH excluding ortho intramolecular Hbond substituents is 1. The van der Waals surface area contributed by atoms with E-state index in [1.807, 2.05) is 0 Å². The van der Waals surface area contributed by atoms with E-state index in [1.54, 1.807) is 19.0 Å². The quantitative estimate of drug-likeness (QED) is 0.400. The van der Waals surface area contributed by atoms with Crippen molar-refractivity contribution >= 4 is 41.0 Å². The first kappa shape index (κ1) is 21.8. The summed E-state index contributed by atoms with van der Waals surface area (Å²) in [6, 6.07) is 1.45. The van der Waals surface area contributed by atoms with E-state index in [-0.39, 0.29) is 30.4 Å². The van der Waals surface area contributed by atoms with Crippen LogP contribution >= 0.6 is 0 Å². The number of nitrogens with two attached hydrogens (primary N) is 1. The minimum absolute atomic E-state index is 0.0180. The van der Waals surface area contributed by atoms with E-state index in [4.69, 9.17) is 5.73 Å². The van der Waals surface area contributed by atoms with Crippen LogP contribution in [0, 0.1) is 23.7 Å². The number of carbonyl (C=O) groups excluding carboxylic acids is 6. The third kappa shape index (κ3) is 2.68. The maximum Gasteiger partial charge on any atom is 0.235 e. The predicted octanol–water partition coefficient (Wildman–Crippen LogP) is -0.795. The smallest absolute Gasteiger partial charge is 0.235 e. The highest BCUT2D eigenvalue weighted by molar-refractivity contribution is 6.31. The molecule has 3 aliphatic carbocycles. The first-order valence-corrected chi connectivity index (χ1v) is 10.1. The molecule has 1 aromatic rings. The fraction of sp³-hybridized carbons (Fsp3) is 0.455. The van der Waals surface area contributed by atoms with E-state index in [0.29, 0.717) is 17.5 Å². The number of hydrogen-bond donors (Lipinski definition) is 3. The number of primary amides is 1. The summed E-state index contributed by atoms with van der Waals surface area (Å²) in [5.41, 5.74) is 3.10. The summed E-state index contributed by atoms with van der Waals surface area (Å²) >= 11 is 0. The van der Waals surface area contributed by atoms with Crippen LogP contribution in [0.1, 0.15) is 39.1 Å². The van der Waals surface area contributed by atoms with Crippen molar-refractivity contribution in [1.29, 1.82) is 0 Å². The average molecular weight is 442 g/mol. The molecule has 10 nitrogen and oxygen atoms in total. The minimum atomic E-state index is -2.69. The lowest BCUT2D eigenvalue weighted by Crippen LogP contribution is -2.68. The molecule has 0 heterocycles. The maximum atomic E-state index is 13.4. The Balaban J connectivity index is 1.86. The van der Waals surface area contributed by atoms with Gasteiger partial charge in [0.1, 0.15) is 5.75 Å². The zero-order valence-corrected chi connectivity index (χ0v) is 17.5. The topological polar surface area (TPSA) is 172 Å². The number of ketones is 4. The third-order valence-electron chi connectivity index (χ3n) is 7.02. The van der Waals surface area contributed by atoms with Gasteiger partial charge in [-0.2, -0.15) is 0 Å². The van der Waals surface area contributed by atoms with Crippen LogP contribution in [-0.4, -0.2) is 65.2 Å². The van der Waals surface area contributed by atoms with Crippen molar-refractivity contribution in [3.8, 4) is 5.75 Å². The molecule has 10 heteroatoms. The average Bonchev–Trinajstić information content (AvgIpc) is 2.70. The summed E-state index contributed by atoms with van der Waals surface area (Å²) in [6.45, 7) is 0. The van der Waals surface area contributed by atoms with Crippen molar-refractivity contribution in [2.75, 3.05) is 19.0 Å². The number of fused-ring (bicyclic) bond motifs is 3. The number of anilines is 1. The normalized spacial score (nSPS) is 31.5. The lowest BCUT2D eigenvalue weighted by molar-refractivity contribution is -0.175. The second-order valence-corrected chi connectivity index (χ2v) is 8.94. The molecule has 32 heavy (non-hydrogen) atoms. The number of amides is 1. The molecule has 0 aliphatic heterocycles. The van der Waals surface area contributed by atoms with Crippen molar-refractivity contribution in [2.45, 2.75) is 24.9 Å². The van der Waals surface area contributed by atoms with Gasteiger partial charge in [-0.3, -0.25) is 28.8 Å². The van der Waals surface area contributed by atoms with E-state index < -0.39 is 64.1 Å². The molecule has 0 saturated heterocycles. The van der Waals surface area contributed by atoms with E-state index in [2.05, 4.69) is 0 Å². The highest BCUT2D eigenvalue weighted by Gasteiger charge is 2.66. The van der Waals surface area contributed by atoms with Crippen molar-refractivity contribution in [3.63, 3.8) is 0 Å². The predicted molar refractivity (Wildman–Crippen MR) is 108 cm³/mol. The van der Waals surface area contributed by atoms with Gasteiger partial charge in [0, 0.05) is 32.1 Å². The number of nitrogens with zero attached hydrogens (tertiary/aromatic N) is 1. The van der Waals surface area contributed by atoms with Crippen LogP contribution in [-0.2, 0) is 25.6 Å². The standard InChI is InChI=1S/C22H22N2O8/c1-24(2)12-5-9(7-25)17(27)15-11(12)4-8-3-10-6-13(26)16(21(23)31)20(30)22(10,32)19(29)14(8)18(15)28/h5,7-8,10,14,16,27,32H,3-4,6H2,1-2H3,(H2,23,31)/t8-,10+,14?,16?,22+/m1/s1. The number of phenols is 1.